The summed E-state index contributed by atoms with van der Waals surface area (Å²) in [6.07, 6.45) is 1.61. The Labute approximate surface area is 76.4 Å². The van der Waals surface area contributed by atoms with Crippen LogP contribution in [0.15, 0.2) is 6.20 Å². The Kier molecular flexibility index (Phi) is 2.57. The topological polar surface area (TPSA) is 27.8 Å². The number of hydrogen-bond acceptors (Lipinski definition) is 2. The standard InChI is InChI=1S/C6H6BClN2S/c1-9-6-4(8)5(11)3(7)2-10-6/h2H,1H3,(H2,9,10,11). The van der Waals surface area contributed by atoms with Gasteiger partial charge < -0.3 is 10.3 Å². The zero-order valence-corrected chi connectivity index (χ0v) is 7.51. The Morgan fingerprint density at radius 2 is 2.36 bits per heavy atom. The van der Waals surface area contributed by atoms with E-state index in [4.69, 9.17) is 31.7 Å². The van der Waals surface area contributed by atoms with Gasteiger partial charge in [0.1, 0.15) is 13.7 Å². The maximum atomic E-state index is 5.82. The first kappa shape index (κ1) is 8.62. The number of hydrogen-bond donors (Lipinski definition) is 2. The number of H-pyrrole nitrogens is 1. The fraction of sp³-hybridized carbons (Fsp3) is 0.167. The zero-order chi connectivity index (χ0) is 8.43. The van der Waals surface area contributed by atoms with Crippen molar-refractivity contribution in [3.63, 3.8) is 0 Å². The second-order valence-electron chi connectivity index (χ2n) is 2.01. The van der Waals surface area contributed by atoms with E-state index in [1.165, 1.54) is 0 Å². The van der Waals surface area contributed by atoms with Crippen molar-refractivity contribution < 1.29 is 0 Å². The highest BCUT2D eigenvalue weighted by Gasteiger charge is 2.00. The van der Waals surface area contributed by atoms with Gasteiger partial charge in [-0.25, -0.2) is 0 Å². The molecule has 0 aromatic carbocycles. The SMILES string of the molecule is [B]c1c[nH]c(NC)c(Cl)c1=S. The third kappa shape index (κ3) is 1.57. The molecule has 5 heteroatoms. The van der Waals surface area contributed by atoms with Crippen LogP contribution in [0.2, 0.25) is 5.02 Å². The largest absolute Gasteiger partial charge is 0.373 e. The van der Waals surface area contributed by atoms with E-state index in [0.29, 0.717) is 20.8 Å². The van der Waals surface area contributed by atoms with Crippen LogP contribution in [0.1, 0.15) is 0 Å². The number of pyridine rings is 1. The molecule has 0 aliphatic carbocycles. The predicted molar refractivity (Wildman–Crippen MR) is 51.6 cm³/mol. The molecule has 0 spiro atoms. The maximum Gasteiger partial charge on any atom is 0.123 e. The van der Waals surface area contributed by atoms with Crippen molar-refractivity contribution in [3.8, 4) is 0 Å². The number of aromatic nitrogens is 1. The average molecular weight is 184 g/mol. The molecular weight excluding hydrogens is 178 g/mol. The molecule has 2 nitrogen and oxygen atoms in total. The number of halogens is 1. The molecule has 0 unspecified atom stereocenters. The molecule has 0 aliphatic heterocycles. The summed E-state index contributed by atoms with van der Waals surface area (Å²) in [5.41, 5.74) is 0.490. The van der Waals surface area contributed by atoms with E-state index >= 15 is 0 Å². The minimum atomic E-state index is 0.461. The predicted octanol–water partition coefficient (Wildman–Crippen LogP) is 1.23. The van der Waals surface area contributed by atoms with E-state index in [9.17, 15) is 0 Å². The highest BCUT2D eigenvalue weighted by Crippen LogP contribution is 2.17. The summed E-state index contributed by atoms with van der Waals surface area (Å²) in [5, 5.41) is 3.31. The van der Waals surface area contributed by atoms with Crippen molar-refractivity contribution >= 4 is 42.9 Å². The summed E-state index contributed by atoms with van der Waals surface area (Å²) in [6, 6.07) is 0. The number of nitrogens with one attached hydrogen (secondary N) is 2. The first-order valence-electron chi connectivity index (χ1n) is 3.01. The van der Waals surface area contributed by atoms with Crippen LogP contribution in [0, 0.1) is 4.51 Å². The van der Waals surface area contributed by atoms with Crippen LogP contribution in [0.4, 0.5) is 5.82 Å². The lowest BCUT2D eigenvalue weighted by atomic mass is 9.99. The molecule has 1 aromatic heterocycles. The van der Waals surface area contributed by atoms with Gasteiger partial charge in [0.05, 0.1) is 9.53 Å². The van der Waals surface area contributed by atoms with E-state index in [0.717, 1.165) is 0 Å². The van der Waals surface area contributed by atoms with Gasteiger partial charge in [-0.05, 0) is 6.20 Å². The van der Waals surface area contributed by atoms with Gasteiger partial charge in [0, 0.05) is 7.05 Å². The molecule has 2 radical (unpaired) electrons. The first-order valence-corrected chi connectivity index (χ1v) is 3.80. The number of aromatic amines is 1. The number of anilines is 1. The second-order valence-corrected chi connectivity index (χ2v) is 2.80. The van der Waals surface area contributed by atoms with Crippen molar-refractivity contribution in [1.29, 1.82) is 0 Å². The normalized spacial score (nSPS) is 9.64. The molecule has 0 saturated carbocycles. The van der Waals surface area contributed by atoms with Gasteiger partial charge in [-0.1, -0.05) is 29.3 Å². The molecule has 0 bridgehead atoms. The quantitative estimate of drug-likeness (QED) is 0.508. The average Bonchev–Trinajstić information content (AvgIpc) is 2.01. The number of rotatable bonds is 1. The summed E-state index contributed by atoms with van der Waals surface area (Å²) in [7, 11) is 7.25. The smallest absolute Gasteiger partial charge is 0.123 e. The van der Waals surface area contributed by atoms with Crippen LogP contribution >= 0.6 is 23.8 Å². The van der Waals surface area contributed by atoms with Gasteiger partial charge in [-0.3, -0.25) is 0 Å². The Morgan fingerprint density at radius 3 is 2.91 bits per heavy atom. The molecule has 1 rings (SSSR count). The lowest BCUT2D eigenvalue weighted by Gasteiger charge is -2.04. The van der Waals surface area contributed by atoms with Crippen molar-refractivity contribution in [2.75, 3.05) is 12.4 Å². The van der Waals surface area contributed by atoms with Gasteiger partial charge >= 0.3 is 0 Å². The van der Waals surface area contributed by atoms with E-state index in [1.54, 1.807) is 13.2 Å². The van der Waals surface area contributed by atoms with E-state index < -0.39 is 0 Å². The fourth-order valence-corrected chi connectivity index (χ4v) is 1.12. The van der Waals surface area contributed by atoms with Crippen LogP contribution in [-0.4, -0.2) is 19.9 Å². The van der Waals surface area contributed by atoms with Gasteiger partial charge in [0.25, 0.3) is 0 Å². The molecule has 1 aromatic rings. The van der Waals surface area contributed by atoms with Crippen molar-refractivity contribution in [3.05, 3.63) is 15.7 Å². The van der Waals surface area contributed by atoms with Crippen LogP contribution in [0.25, 0.3) is 0 Å². The molecule has 0 saturated heterocycles. The summed E-state index contributed by atoms with van der Waals surface area (Å²) in [4.78, 5) is 2.86. The third-order valence-corrected chi connectivity index (χ3v) is 2.23. The zero-order valence-electron chi connectivity index (χ0n) is 5.94. The summed E-state index contributed by atoms with van der Waals surface area (Å²) in [5.74, 6) is 0.686. The van der Waals surface area contributed by atoms with E-state index in [2.05, 4.69) is 10.3 Å². The highest BCUT2D eigenvalue weighted by molar-refractivity contribution is 7.71. The van der Waals surface area contributed by atoms with Gasteiger partial charge in [-0.15, -0.1) is 0 Å². The van der Waals surface area contributed by atoms with E-state index in [-0.39, 0.29) is 0 Å². The Bertz CT molecular complexity index is 323. The van der Waals surface area contributed by atoms with Gasteiger partial charge in [0.2, 0.25) is 0 Å². The fourth-order valence-electron chi connectivity index (χ4n) is 0.701. The third-order valence-electron chi connectivity index (χ3n) is 1.30. The van der Waals surface area contributed by atoms with Crippen LogP contribution in [-0.2, 0) is 0 Å². The Morgan fingerprint density at radius 1 is 1.73 bits per heavy atom. The lowest BCUT2D eigenvalue weighted by Crippen LogP contribution is -2.07. The Balaban J connectivity index is 3.37. The molecule has 1 heterocycles. The molecule has 56 valence electrons. The lowest BCUT2D eigenvalue weighted by molar-refractivity contribution is 1.30. The van der Waals surface area contributed by atoms with Crippen LogP contribution in [0.5, 0.6) is 0 Å². The van der Waals surface area contributed by atoms with Gasteiger partial charge in [-0.2, -0.15) is 0 Å². The van der Waals surface area contributed by atoms with Crippen LogP contribution in [0.3, 0.4) is 0 Å². The second kappa shape index (κ2) is 3.28. The molecule has 2 N–H and O–H groups in total. The van der Waals surface area contributed by atoms with Crippen molar-refractivity contribution in [2.45, 2.75) is 0 Å². The minimum Gasteiger partial charge on any atom is -0.373 e. The van der Waals surface area contributed by atoms with E-state index in [1.807, 2.05) is 0 Å². The van der Waals surface area contributed by atoms with Gasteiger partial charge in [0.15, 0.2) is 0 Å². The molecular formula is C6H6BClN2S. The molecule has 0 fully saturated rings. The summed E-state index contributed by atoms with van der Waals surface area (Å²) < 4.78 is 0.481. The molecule has 0 atom stereocenters. The van der Waals surface area contributed by atoms with Crippen molar-refractivity contribution in [2.24, 2.45) is 0 Å². The molecule has 0 amide bonds. The highest BCUT2D eigenvalue weighted by atomic mass is 35.5. The van der Waals surface area contributed by atoms with Crippen LogP contribution < -0.4 is 10.8 Å². The van der Waals surface area contributed by atoms with Crippen molar-refractivity contribution in [1.82, 2.24) is 4.98 Å². The molecule has 0 aliphatic rings. The summed E-state index contributed by atoms with van der Waals surface area (Å²) >= 11 is 10.8. The summed E-state index contributed by atoms with van der Waals surface area (Å²) in [6.45, 7) is 0. The molecule has 11 heavy (non-hydrogen) atoms. The Hall–Kier alpha value is -0.475. The minimum absolute atomic E-state index is 0.461. The maximum absolute atomic E-state index is 5.82. The monoisotopic (exact) mass is 184 g/mol. The first-order chi connectivity index (χ1) is 5.16.